The molecule has 4 aromatic heterocycles. The summed E-state index contributed by atoms with van der Waals surface area (Å²) in [4.78, 5) is 64.3. The minimum Gasteiger partial charge on any atom is -0.385 e. The first-order valence-electron chi connectivity index (χ1n) is 20.4. The standard InChI is InChI=1S/C46H53N7O5/c1-7-26-20-35(43(54)48-41(26)28-12-14-38-31(16-28)18-33(22-47)51(38)5)45(56)58-46(57)36-21-27(8-2)42(49-44(36)55)29-13-15-39-32(17-29)19-34(52(39)6)24-53-23-30-10-9-11-40(50(3)4)37(30)25-53/h12-21,30,37,40H,7-11,22-25,47H2,1-6H3,(H,48,54)(H,49,55)/t30-,37+,40-/m1/s1. The number of nitrogens with zero attached hydrogens (tertiary/aromatic N) is 4. The molecule has 1 saturated heterocycles. The molecule has 0 radical (unpaired) electrons. The molecule has 58 heavy (non-hydrogen) atoms. The average Bonchev–Trinajstić information content (AvgIpc) is 3.88. The van der Waals surface area contributed by atoms with Crippen LogP contribution in [0.15, 0.2) is 70.3 Å². The molecule has 12 heteroatoms. The predicted octanol–water partition coefficient (Wildman–Crippen LogP) is 6.12. The summed E-state index contributed by atoms with van der Waals surface area (Å²) in [5.74, 6) is -0.790. The molecule has 2 aliphatic rings. The maximum atomic E-state index is 13.5. The van der Waals surface area contributed by atoms with Gasteiger partial charge in [0.2, 0.25) is 0 Å². The van der Waals surface area contributed by atoms with Gasteiger partial charge in [-0.15, -0.1) is 0 Å². The SMILES string of the molecule is CCc1cc(C(=O)OC(=O)c2cc(CC)c(-c3ccc4c(c3)cc(CN3C[C@H]5CCC[C@@H](N(C)C)[C@H]5C3)n4C)[nH]c2=O)c(=O)[nH]c1-c1ccc2c(c1)cc(CN)n2C. The van der Waals surface area contributed by atoms with E-state index < -0.39 is 23.1 Å². The van der Waals surface area contributed by atoms with Crippen molar-refractivity contribution < 1.29 is 14.3 Å². The van der Waals surface area contributed by atoms with Crippen LogP contribution in [0.25, 0.3) is 44.3 Å². The number of pyridine rings is 2. The second kappa shape index (κ2) is 15.7. The third-order valence-corrected chi connectivity index (χ3v) is 12.9. The van der Waals surface area contributed by atoms with Gasteiger partial charge in [0, 0.05) is 79.5 Å². The van der Waals surface area contributed by atoms with Crippen LogP contribution in [-0.4, -0.2) is 74.1 Å². The molecule has 2 aromatic carbocycles. The van der Waals surface area contributed by atoms with Crippen LogP contribution in [0.3, 0.4) is 0 Å². The lowest BCUT2D eigenvalue weighted by molar-refractivity contribution is 0.0395. The number of aromatic amines is 2. The molecule has 0 bridgehead atoms. The minimum atomic E-state index is -1.13. The van der Waals surface area contributed by atoms with Crippen molar-refractivity contribution in [1.29, 1.82) is 0 Å². The van der Waals surface area contributed by atoms with E-state index in [1.54, 1.807) is 0 Å². The molecule has 1 saturated carbocycles. The molecule has 3 atom stereocenters. The third kappa shape index (κ3) is 7.03. The highest BCUT2D eigenvalue weighted by atomic mass is 16.6. The Hall–Kier alpha value is -5.56. The number of esters is 2. The van der Waals surface area contributed by atoms with E-state index in [0.717, 1.165) is 64.2 Å². The maximum Gasteiger partial charge on any atom is 0.351 e. The van der Waals surface area contributed by atoms with E-state index in [1.807, 2.05) is 55.8 Å². The molecule has 2 fully saturated rings. The van der Waals surface area contributed by atoms with Gasteiger partial charge >= 0.3 is 11.9 Å². The number of fused-ring (bicyclic) bond motifs is 3. The molecule has 302 valence electrons. The van der Waals surface area contributed by atoms with Gasteiger partial charge in [0.25, 0.3) is 11.1 Å². The maximum absolute atomic E-state index is 13.5. The molecule has 0 amide bonds. The number of nitrogens with two attached hydrogens (primary N) is 1. The van der Waals surface area contributed by atoms with Crippen molar-refractivity contribution in [2.45, 2.75) is 65.1 Å². The Morgan fingerprint density at radius 1 is 0.759 bits per heavy atom. The number of H-pyrrole nitrogens is 2. The number of aromatic nitrogens is 4. The lowest BCUT2D eigenvalue weighted by Crippen LogP contribution is -2.41. The van der Waals surface area contributed by atoms with Gasteiger partial charge in [-0.2, -0.15) is 0 Å². The largest absolute Gasteiger partial charge is 0.385 e. The summed E-state index contributed by atoms with van der Waals surface area (Å²) in [6, 6.07) is 19.8. The summed E-state index contributed by atoms with van der Waals surface area (Å²) in [7, 11) is 8.49. The van der Waals surface area contributed by atoms with Crippen molar-refractivity contribution in [1.82, 2.24) is 28.9 Å². The molecule has 0 unspecified atom stereocenters. The van der Waals surface area contributed by atoms with Gasteiger partial charge in [-0.05, 0) is 122 Å². The van der Waals surface area contributed by atoms with Gasteiger partial charge in [0.1, 0.15) is 11.1 Å². The summed E-state index contributed by atoms with van der Waals surface area (Å²) >= 11 is 0. The van der Waals surface area contributed by atoms with Crippen molar-refractivity contribution >= 4 is 33.7 Å². The van der Waals surface area contributed by atoms with E-state index in [9.17, 15) is 19.2 Å². The fourth-order valence-corrected chi connectivity index (χ4v) is 9.72. The van der Waals surface area contributed by atoms with Crippen LogP contribution in [0.5, 0.6) is 0 Å². The van der Waals surface area contributed by atoms with Crippen LogP contribution in [0.2, 0.25) is 0 Å². The number of hydrogen-bond donors (Lipinski definition) is 3. The van der Waals surface area contributed by atoms with Crippen LogP contribution in [-0.2, 0) is 44.8 Å². The summed E-state index contributed by atoms with van der Waals surface area (Å²) in [6.45, 7) is 7.38. The molecule has 4 N–H and O–H groups in total. The van der Waals surface area contributed by atoms with Crippen molar-refractivity contribution in [3.05, 3.63) is 115 Å². The van der Waals surface area contributed by atoms with Crippen LogP contribution in [0.1, 0.15) is 76.3 Å². The Kier molecular flexibility index (Phi) is 10.6. The van der Waals surface area contributed by atoms with Crippen molar-refractivity contribution in [2.24, 2.45) is 31.7 Å². The fraction of sp³-hybridized carbons (Fsp3) is 0.391. The number of rotatable bonds is 10. The van der Waals surface area contributed by atoms with E-state index in [1.165, 1.54) is 37.1 Å². The molecule has 1 aliphatic carbocycles. The van der Waals surface area contributed by atoms with Gasteiger partial charge in [0.15, 0.2) is 0 Å². The van der Waals surface area contributed by atoms with E-state index in [2.05, 4.69) is 63.7 Å². The number of carbonyl (C=O) groups is 2. The number of carbonyl (C=O) groups excluding carboxylic acids is 2. The van der Waals surface area contributed by atoms with Gasteiger partial charge in [-0.1, -0.05) is 32.4 Å². The van der Waals surface area contributed by atoms with Gasteiger partial charge < -0.3 is 34.5 Å². The van der Waals surface area contributed by atoms with Gasteiger partial charge in [-0.3, -0.25) is 14.5 Å². The topological polar surface area (TPSA) is 151 Å². The normalized spacial score (nSPS) is 18.4. The quantitative estimate of drug-likeness (QED) is 0.111. The zero-order valence-corrected chi connectivity index (χ0v) is 34.3. The second-order valence-corrected chi connectivity index (χ2v) is 16.4. The molecule has 12 nitrogen and oxygen atoms in total. The fourth-order valence-electron chi connectivity index (χ4n) is 9.72. The Morgan fingerprint density at radius 2 is 1.29 bits per heavy atom. The predicted molar refractivity (Wildman–Crippen MR) is 228 cm³/mol. The van der Waals surface area contributed by atoms with E-state index in [4.69, 9.17) is 10.5 Å². The number of aryl methyl sites for hydroxylation is 4. The zero-order valence-electron chi connectivity index (χ0n) is 34.3. The number of ether oxygens (including phenoxy) is 1. The van der Waals surface area contributed by atoms with Crippen LogP contribution >= 0.6 is 0 Å². The first-order valence-corrected chi connectivity index (χ1v) is 20.4. The lowest BCUT2D eigenvalue weighted by Gasteiger charge is -2.37. The highest BCUT2D eigenvalue weighted by Crippen LogP contribution is 2.39. The lowest BCUT2D eigenvalue weighted by atomic mass is 9.77. The molecule has 5 heterocycles. The van der Waals surface area contributed by atoms with Crippen LogP contribution < -0.4 is 16.9 Å². The molecule has 1 aliphatic heterocycles. The van der Waals surface area contributed by atoms with E-state index in [-0.39, 0.29) is 11.1 Å². The average molecular weight is 784 g/mol. The zero-order chi connectivity index (χ0) is 41.0. The van der Waals surface area contributed by atoms with Gasteiger partial charge in [0.05, 0.1) is 11.4 Å². The highest BCUT2D eigenvalue weighted by Gasteiger charge is 2.41. The highest BCUT2D eigenvalue weighted by molar-refractivity contribution is 6.03. The summed E-state index contributed by atoms with van der Waals surface area (Å²) in [5, 5.41) is 2.04. The van der Waals surface area contributed by atoms with Crippen molar-refractivity contribution in [3.63, 3.8) is 0 Å². The second-order valence-electron chi connectivity index (χ2n) is 16.4. The first kappa shape index (κ1) is 39.3. The summed E-state index contributed by atoms with van der Waals surface area (Å²) < 4.78 is 9.48. The number of hydrogen-bond acceptors (Lipinski definition) is 8. The monoisotopic (exact) mass is 783 g/mol. The number of nitrogens with one attached hydrogen (secondary N) is 2. The third-order valence-electron chi connectivity index (χ3n) is 12.9. The van der Waals surface area contributed by atoms with Crippen molar-refractivity contribution in [3.8, 4) is 22.5 Å². The number of likely N-dealkylation sites (tertiary alicyclic amines) is 1. The Morgan fingerprint density at radius 3 is 1.81 bits per heavy atom. The molecule has 0 spiro atoms. The summed E-state index contributed by atoms with van der Waals surface area (Å²) in [5.41, 5.74) is 12.4. The minimum absolute atomic E-state index is 0.309. The van der Waals surface area contributed by atoms with E-state index >= 15 is 0 Å². The Bertz CT molecular complexity index is 2700. The van der Waals surface area contributed by atoms with Crippen molar-refractivity contribution in [2.75, 3.05) is 27.2 Å². The van der Waals surface area contributed by atoms with Crippen LogP contribution in [0.4, 0.5) is 0 Å². The van der Waals surface area contributed by atoms with Gasteiger partial charge in [-0.25, -0.2) is 9.59 Å². The molecule has 8 rings (SSSR count). The van der Waals surface area contributed by atoms with Crippen LogP contribution in [0, 0.1) is 11.8 Å². The molecular weight excluding hydrogens is 731 g/mol. The Labute approximate surface area is 337 Å². The molecular formula is C46H53N7O5. The Balaban J connectivity index is 1.01. The van der Waals surface area contributed by atoms with E-state index in [0.29, 0.717) is 53.9 Å². The smallest absolute Gasteiger partial charge is 0.351 e. The summed E-state index contributed by atoms with van der Waals surface area (Å²) in [6.07, 6.45) is 4.90. The molecule has 6 aromatic rings. The number of benzene rings is 2. The first-order chi connectivity index (χ1) is 27.9.